The van der Waals surface area contributed by atoms with Crippen LogP contribution in [0.3, 0.4) is 0 Å². The third-order valence-corrected chi connectivity index (χ3v) is 2.26. The molecule has 0 saturated heterocycles. The van der Waals surface area contributed by atoms with Crippen molar-refractivity contribution in [3.05, 3.63) is 36.4 Å². The average Bonchev–Trinajstić information content (AvgIpc) is 2.71. The molecule has 2 aromatic rings. The number of hydrogen-bond donors (Lipinski definition) is 1. The maximum atomic E-state index is 4.22. The third-order valence-electron chi connectivity index (χ3n) is 2.26. The highest BCUT2D eigenvalue weighted by Crippen LogP contribution is 2.21. The Morgan fingerprint density at radius 1 is 1.14 bits per heavy atom. The van der Waals surface area contributed by atoms with Crippen molar-refractivity contribution in [1.29, 1.82) is 0 Å². The van der Waals surface area contributed by atoms with Gasteiger partial charge in [0.15, 0.2) is 0 Å². The number of H-pyrrole nitrogens is 1. The van der Waals surface area contributed by atoms with Crippen molar-refractivity contribution >= 4 is 0 Å². The molecule has 14 heavy (non-hydrogen) atoms. The van der Waals surface area contributed by atoms with Gasteiger partial charge in [0.05, 0.1) is 6.20 Å². The third kappa shape index (κ3) is 1.66. The molecule has 1 N–H and O–H groups in total. The standard InChI is InChI=1S/C11H13N3/c1-8(2)9-3-10(5-12-4-9)11-6-13-14-7-11/h3-8H,1-2H3,(H,13,14). The van der Waals surface area contributed by atoms with Crippen LogP contribution in [-0.4, -0.2) is 15.2 Å². The van der Waals surface area contributed by atoms with Crippen molar-refractivity contribution in [1.82, 2.24) is 15.2 Å². The summed E-state index contributed by atoms with van der Waals surface area (Å²) >= 11 is 0. The molecule has 0 amide bonds. The van der Waals surface area contributed by atoms with E-state index in [1.807, 2.05) is 18.6 Å². The Morgan fingerprint density at radius 2 is 2.00 bits per heavy atom. The second-order valence-corrected chi connectivity index (χ2v) is 3.65. The van der Waals surface area contributed by atoms with Gasteiger partial charge in [-0.3, -0.25) is 10.1 Å². The first-order valence-corrected chi connectivity index (χ1v) is 4.71. The molecular formula is C11H13N3. The highest BCUT2D eigenvalue weighted by Gasteiger charge is 2.03. The Hall–Kier alpha value is -1.64. The molecule has 2 rings (SSSR count). The van der Waals surface area contributed by atoms with Gasteiger partial charge in [-0.15, -0.1) is 0 Å². The van der Waals surface area contributed by atoms with Gasteiger partial charge in [0.1, 0.15) is 0 Å². The summed E-state index contributed by atoms with van der Waals surface area (Å²) in [7, 11) is 0. The summed E-state index contributed by atoms with van der Waals surface area (Å²) < 4.78 is 0. The van der Waals surface area contributed by atoms with Gasteiger partial charge < -0.3 is 0 Å². The molecule has 0 radical (unpaired) electrons. The zero-order valence-corrected chi connectivity index (χ0v) is 8.36. The molecule has 0 aliphatic rings. The van der Waals surface area contributed by atoms with Crippen LogP contribution in [0.4, 0.5) is 0 Å². The second-order valence-electron chi connectivity index (χ2n) is 3.65. The van der Waals surface area contributed by atoms with Crippen molar-refractivity contribution in [2.75, 3.05) is 0 Å². The number of nitrogens with zero attached hydrogens (tertiary/aromatic N) is 2. The first-order valence-electron chi connectivity index (χ1n) is 4.71. The summed E-state index contributed by atoms with van der Waals surface area (Å²) in [5, 5.41) is 6.72. The lowest BCUT2D eigenvalue weighted by Gasteiger charge is -2.05. The Bertz CT molecular complexity index is 404. The summed E-state index contributed by atoms with van der Waals surface area (Å²) in [6.45, 7) is 4.33. The molecule has 0 fully saturated rings. The SMILES string of the molecule is CC(C)c1cncc(-c2cn[nH]c2)c1. The predicted octanol–water partition coefficient (Wildman–Crippen LogP) is 2.60. The highest BCUT2D eigenvalue weighted by atomic mass is 15.1. The van der Waals surface area contributed by atoms with Crippen molar-refractivity contribution in [2.45, 2.75) is 19.8 Å². The van der Waals surface area contributed by atoms with E-state index in [0.717, 1.165) is 11.1 Å². The normalized spacial score (nSPS) is 10.8. The Morgan fingerprint density at radius 3 is 2.64 bits per heavy atom. The highest BCUT2D eigenvalue weighted by molar-refractivity contribution is 5.61. The van der Waals surface area contributed by atoms with Gasteiger partial charge in [-0.1, -0.05) is 13.8 Å². The smallest absolute Gasteiger partial charge is 0.0566 e. The van der Waals surface area contributed by atoms with Crippen LogP contribution in [-0.2, 0) is 0 Å². The van der Waals surface area contributed by atoms with Crippen LogP contribution in [0.1, 0.15) is 25.3 Å². The molecule has 0 aromatic carbocycles. The summed E-state index contributed by atoms with van der Waals surface area (Å²) in [4.78, 5) is 4.22. The summed E-state index contributed by atoms with van der Waals surface area (Å²) in [6.07, 6.45) is 7.45. The fourth-order valence-corrected chi connectivity index (χ4v) is 1.34. The molecule has 0 unspecified atom stereocenters. The van der Waals surface area contributed by atoms with Crippen molar-refractivity contribution < 1.29 is 0 Å². The van der Waals surface area contributed by atoms with E-state index in [0.29, 0.717) is 5.92 Å². The average molecular weight is 187 g/mol. The van der Waals surface area contributed by atoms with Gasteiger partial charge in [-0.2, -0.15) is 5.10 Å². The lowest BCUT2D eigenvalue weighted by molar-refractivity contribution is 0.859. The second kappa shape index (κ2) is 3.62. The predicted molar refractivity (Wildman–Crippen MR) is 55.9 cm³/mol. The molecule has 2 aromatic heterocycles. The minimum Gasteiger partial charge on any atom is -0.285 e. The number of pyridine rings is 1. The molecule has 0 saturated carbocycles. The number of aromatic amines is 1. The number of aromatic nitrogens is 3. The number of nitrogens with one attached hydrogen (secondary N) is 1. The van der Waals surface area contributed by atoms with E-state index in [1.165, 1.54) is 5.56 Å². The van der Waals surface area contributed by atoms with E-state index in [4.69, 9.17) is 0 Å². The summed E-state index contributed by atoms with van der Waals surface area (Å²) in [5.41, 5.74) is 3.45. The fourth-order valence-electron chi connectivity index (χ4n) is 1.34. The number of hydrogen-bond acceptors (Lipinski definition) is 2. The Balaban J connectivity index is 2.41. The zero-order chi connectivity index (χ0) is 9.97. The zero-order valence-electron chi connectivity index (χ0n) is 8.36. The maximum absolute atomic E-state index is 4.22. The topological polar surface area (TPSA) is 41.6 Å². The van der Waals surface area contributed by atoms with E-state index in [1.54, 1.807) is 6.20 Å². The molecule has 3 heteroatoms. The van der Waals surface area contributed by atoms with E-state index in [-0.39, 0.29) is 0 Å². The maximum Gasteiger partial charge on any atom is 0.0566 e. The van der Waals surface area contributed by atoms with Crippen molar-refractivity contribution in [3.63, 3.8) is 0 Å². The van der Waals surface area contributed by atoms with Crippen LogP contribution in [0.5, 0.6) is 0 Å². The van der Waals surface area contributed by atoms with E-state index in [9.17, 15) is 0 Å². The van der Waals surface area contributed by atoms with Crippen LogP contribution >= 0.6 is 0 Å². The van der Waals surface area contributed by atoms with E-state index in [2.05, 4.69) is 35.1 Å². The van der Waals surface area contributed by atoms with Crippen LogP contribution in [0.15, 0.2) is 30.9 Å². The van der Waals surface area contributed by atoms with Gasteiger partial charge in [-0.05, 0) is 17.5 Å². The minimum absolute atomic E-state index is 0.509. The van der Waals surface area contributed by atoms with Crippen molar-refractivity contribution in [2.24, 2.45) is 0 Å². The first kappa shape index (κ1) is 8.94. The van der Waals surface area contributed by atoms with Crippen LogP contribution in [0, 0.1) is 0 Å². The van der Waals surface area contributed by atoms with Crippen LogP contribution < -0.4 is 0 Å². The van der Waals surface area contributed by atoms with Gasteiger partial charge >= 0.3 is 0 Å². The van der Waals surface area contributed by atoms with E-state index < -0.39 is 0 Å². The quantitative estimate of drug-likeness (QED) is 0.785. The van der Waals surface area contributed by atoms with Crippen LogP contribution in [0.2, 0.25) is 0 Å². The minimum atomic E-state index is 0.509. The molecule has 0 aliphatic heterocycles. The molecule has 0 aliphatic carbocycles. The fraction of sp³-hybridized carbons (Fsp3) is 0.273. The largest absolute Gasteiger partial charge is 0.285 e. The molecule has 0 atom stereocenters. The molecule has 72 valence electrons. The van der Waals surface area contributed by atoms with Gasteiger partial charge in [0.25, 0.3) is 0 Å². The first-order chi connectivity index (χ1) is 6.77. The van der Waals surface area contributed by atoms with E-state index >= 15 is 0 Å². The lowest BCUT2D eigenvalue weighted by Crippen LogP contribution is -1.89. The molecule has 3 nitrogen and oxygen atoms in total. The number of rotatable bonds is 2. The van der Waals surface area contributed by atoms with Crippen LogP contribution in [0.25, 0.3) is 11.1 Å². The summed E-state index contributed by atoms with van der Waals surface area (Å²) in [6, 6.07) is 2.16. The molecule has 0 bridgehead atoms. The van der Waals surface area contributed by atoms with Gasteiger partial charge in [0.2, 0.25) is 0 Å². The van der Waals surface area contributed by atoms with Crippen molar-refractivity contribution in [3.8, 4) is 11.1 Å². The molecule has 0 spiro atoms. The summed E-state index contributed by atoms with van der Waals surface area (Å²) in [5.74, 6) is 0.509. The molecule has 2 heterocycles. The van der Waals surface area contributed by atoms with Gasteiger partial charge in [-0.25, -0.2) is 0 Å². The van der Waals surface area contributed by atoms with Gasteiger partial charge in [0, 0.05) is 29.7 Å². The molecular weight excluding hydrogens is 174 g/mol. The monoisotopic (exact) mass is 187 g/mol. The Kier molecular flexibility index (Phi) is 2.31. The lowest BCUT2D eigenvalue weighted by atomic mass is 10.0. The Labute approximate surface area is 83.2 Å².